The van der Waals surface area contributed by atoms with Crippen molar-refractivity contribution in [3.8, 4) is 0 Å². The fourth-order valence-electron chi connectivity index (χ4n) is 4.23. The van der Waals surface area contributed by atoms with Gasteiger partial charge in [0.05, 0.1) is 0 Å². The Morgan fingerprint density at radius 1 is 0.196 bits per heavy atom. The van der Waals surface area contributed by atoms with Gasteiger partial charge in [-0.25, -0.2) is 0 Å². The summed E-state index contributed by atoms with van der Waals surface area (Å²) in [6, 6.07) is 0. The van der Waals surface area contributed by atoms with Gasteiger partial charge in [0.15, 0.2) is 0 Å². The summed E-state index contributed by atoms with van der Waals surface area (Å²) in [6.07, 6.45) is 44.7. The maximum Gasteiger partial charge on any atom is 0.107 e. The van der Waals surface area contributed by atoms with Gasteiger partial charge in [0, 0.05) is 0 Å². The Hall–Kier alpha value is 0.580. The summed E-state index contributed by atoms with van der Waals surface area (Å²) in [6.45, 7) is 33.4. The minimum Gasteiger partial charge on any atom is -0.105 e. The predicted molar refractivity (Wildman–Crippen MR) is 253 cm³/mol. The monoisotopic (exact) mass is 771 g/mol. The zero-order chi connectivity index (χ0) is 40.9. The van der Waals surface area contributed by atoms with E-state index < -0.39 is 0 Å². The second-order valence-corrected chi connectivity index (χ2v) is 15.5. The number of halogens is 2. The van der Waals surface area contributed by atoms with Gasteiger partial charge in [-0.1, -0.05) is 309 Å². The van der Waals surface area contributed by atoms with Crippen LogP contribution in [0.15, 0.2) is 0 Å². The second kappa shape index (κ2) is 92.9. The lowest BCUT2D eigenvalue weighted by Gasteiger charge is -1.98. The van der Waals surface area contributed by atoms with Crippen LogP contribution in [-0.2, 0) is 0 Å². The highest BCUT2D eigenvalue weighted by molar-refractivity contribution is 6.44. The Bertz CT molecular complexity index is 276. The Balaban J connectivity index is -0.0000000694. The zero-order valence-corrected chi connectivity index (χ0v) is 41.2. The van der Waals surface area contributed by atoms with Gasteiger partial charge in [0.2, 0.25) is 0 Å². The second-order valence-electron chi connectivity index (χ2n) is 14.2. The minimum atomic E-state index is -0.151. The molecule has 0 heterocycles. The zero-order valence-electron chi connectivity index (χ0n) is 39.7. The fraction of sp³-hybridized carbons (Fsp3) is 1.00. The molecule has 0 radical (unpaired) electrons. The third-order valence-corrected chi connectivity index (χ3v) is 8.41. The smallest absolute Gasteiger partial charge is 0.105 e. The van der Waals surface area contributed by atoms with Crippen molar-refractivity contribution in [2.45, 2.75) is 321 Å². The summed E-state index contributed by atoms with van der Waals surface area (Å²) in [5, 5.41) is 0. The number of alkyl halides is 2. The minimum absolute atomic E-state index is 0.151. The van der Waals surface area contributed by atoms with E-state index in [1.807, 2.05) is 0 Å². The molecule has 0 unspecified atom stereocenters. The van der Waals surface area contributed by atoms with E-state index in [0.717, 1.165) is 6.42 Å². The van der Waals surface area contributed by atoms with E-state index in [2.05, 4.69) is 104 Å². The molecule has 0 rings (SSSR count). The van der Waals surface area contributed by atoms with Crippen LogP contribution in [0.4, 0.5) is 0 Å². The molecule has 0 aliphatic rings. The maximum absolute atomic E-state index is 5.52. The molecule has 0 aromatic heterocycles. The molecule has 51 heavy (non-hydrogen) atoms. The van der Waals surface area contributed by atoms with Crippen LogP contribution in [0.25, 0.3) is 0 Å². The van der Waals surface area contributed by atoms with Crippen molar-refractivity contribution in [2.24, 2.45) is 0 Å². The van der Waals surface area contributed by atoms with Crippen LogP contribution in [0.3, 0.4) is 0 Å². The molecule has 0 amide bonds. The summed E-state index contributed by atoms with van der Waals surface area (Å²) in [4.78, 5) is -0.151. The SMILES string of the molecule is CCCCCC.CCCCCC.CCCCCC.CCCCCC.CCCCCC.CCCCCC.CCCCCC.CCCCCCC(Cl)Cl. The van der Waals surface area contributed by atoms with Crippen LogP contribution in [0.1, 0.15) is 316 Å². The van der Waals surface area contributed by atoms with Gasteiger partial charge in [-0.05, 0) is 6.42 Å². The van der Waals surface area contributed by atoms with Crippen molar-refractivity contribution in [2.75, 3.05) is 0 Å². The molecule has 0 saturated heterocycles. The fourth-order valence-corrected chi connectivity index (χ4v) is 4.53. The number of rotatable bonds is 26. The lowest BCUT2D eigenvalue weighted by atomic mass is 10.2. The van der Waals surface area contributed by atoms with Gasteiger partial charge >= 0.3 is 0 Å². The van der Waals surface area contributed by atoms with Gasteiger partial charge < -0.3 is 0 Å². The highest BCUT2D eigenvalue weighted by Crippen LogP contribution is 2.12. The molecule has 322 valence electrons. The molecule has 0 aliphatic carbocycles. The number of hydrogen-bond donors (Lipinski definition) is 0. The van der Waals surface area contributed by atoms with E-state index in [1.165, 1.54) is 205 Å². The van der Waals surface area contributed by atoms with Crippen molar-refractivity contribution in [1.29, 1.82) is 0 Å². The van der Waals surface area contributed by atoms with Gasteiger partial charge in [0.25, 0.3) is 0 Å². The molecule has 0 fully saturated rings. The third-order valence-electron chi connectivity index (χ3n) is 7.98. The largest absolute Gasteiger partial charge is 0.107 e. The summed E-state index contributed by atoms with van der Waals surface area (Å²) >= 11 is 11.0. The van der Waals surface area contributed by atoms with E-state index in [4.69, 9.17) is 23.2 Å². The van der Waals surface area contributed by atoms with Crippen LogP contribution in [0, 0.1) is 0 Å². The molecular formula is C49H112Cl2. The van der Waals surface area contributed by atoms with Crippen molar-refractivity contribution >= 4 is 23.2 Å². The van der Waals surface area contributed by atoms with Crippen molar-refractivity contribution in [3.63, 3.8) is 0 Å². The molecule has 0 atom stereocenters. The van der Waals surface area contributed by atoms with Crippen LogP contribution >= 0.6 is 23.2 Å². The molecule has 0 aliphatic heterocycles. The van der Waals surface area contributed by atoms with E-state index in [0.29, 0.717) is 0 Å². The number of unbranched alkanes of at least 4 members (excludes halogenated alkanes) is 24. The Kier molecular flexibility index (Phi) is 127. The third kappa shape index (κ3) is 157. The van der Waals surface area contributed by atoms with E-state index in [9.17, 15) is 0 Å². The molecule has 0 saturated carbocycles. The lowest BCUT2D eigenvalue weighted by molar-refractivity contribution is 0.650. The molecule has 0 aromatic carbocycles. The summed E-state index contributed by atoms with van der Waals surface area (Å²) < 4.78 is 0. The molecule has 0 aromatic rings. The highest BCUT2D eigenvalue weighted by atomic mass is 35.5. The van der Waals surface area contributed by atoms with Crippen molar-refractivity contribution < 1.29 is 0 Å². The van der Waals surface area contributed by atoms with Crippen molar-refractivity contribution in [1.82, 2.24) is 0 Å². The molecule has 0 N–H and O–H groups in total. The summed E-state index contributed by atoms with van der Waals surface area (Å²) in [7, 11) is 0. The lowest BCUT2D eigenvalue weighted by Crippen LogP contribution is -1.85. The van der Waals surface area contributed by atoms with Crippen LogP contribution in [0.5, 0.6) is 0 Å². The maximum atomic E-state index is 5.52. The standard InChI is InChI=1S/C7H14Cl2.7C6H14/c1-2-3-4-5-6-7(8)9;7*1-3-5-6-4-2/h7H,2-6H2,1H3;7*3-6H2,1-2H3. The molecule has 0 bridgehead atoms. The van der Waals surface area contributed by atoms with Gasteiger partial charge in [-0.3, -0.25) is 0 Å². The van der Waals surface area contributed by atoms with E-state index in [-0.39, 0.29) is 4.84 Å². The first-order chi connectivity index (χ1) is 24.7. The molecule has 2 heteroatoms. The Morgan fingerprint density at radius 3 is 0.412 bits per heavy atom. The first kappa shape index (κ1) is 69.5. The van der Waals surface area contributed by atoms with Gasteiger partial charge in [0.1, 0.15) is 4.84 Å². The summed E-state index contributed by atoms with van der Waals surface area (Å²) in [5.41, 5.74) is 0. The Labute approximate surface area is 342 Å². The van der Waals surface area contributed by atoms with Crippen LogP contribution in [-0.4, -0.2) is 4.84 Å². The predicted octanol–water partition coefficient (Wildman–Crippen LogP) is 21.9. The molecule has 0 spiro atoms. The first-order valence-electron chi connectivity index (χ1n) is 24.0. The highest BCUT2D eigenvalue weighted by Gasteiger charge is 1.96. The first-order valence-corrected chi connectivity index (χ1v) is 24.8. The van der Waals surface area contributed by atoms with Crippen LogP contribution < -0.4 is 0 Å². The van der Waals surface area contributed by atoms with Crippen LogP contribution in [0.2, 0.25) is 0 Å². The van der Waals surface area contributed by atoms with Gasteiger partial charge in [-0.2, -0.15) is 0 Å². The topological polar surface area (TPSA) is 0 Å². The van der Waals surface area contributed by atoms with E-state index >= 15 is 0 Å². The van der Waals surface area contributed by atoms with Crippen molar-refractivity contribution in [3.05, 3.63) is 0 Å². The molecule has 0 nitrogen and oxygen atoms in total. The molecular weight excluding hydrogens is 659 g/mol. The quantitative estimate of drug-likeness (QED) is 0.0607. The Morgan fingerprint density at radius 2 is 0.314 bits per heavy atom. The average molecular weight is 772 g/mol. The summed E-state index contributed by atoms with van der Waals surface area (Å²) in [5.74, 6) is 0. The normalized spacial score (nSPS) is 9.29. The van der Waals surface area contributed by atoms with E-state index in [1.54, 1.807) is 0 Å². The average Bonchev–Trinajstić information content (AvgIpc) is 3.15. The number of hydrogen-bond acceptors (Lipinski definition) is 0. The van der Waals surface area contributed by atoms with Gasteiger partial charge in [-0.15, -0.1) is 23.2 Å².